The molecule has 1 aromatic heterocycles. The molecule has 176 valence electrons. The SMILES string of the molecule is CCCCCNc1nc(N)nc(C)c1Cc1cccc(CC(=O)OCCCCN(C)C)c1. The quantitative estimate of drug-likeness (QED) is 0.338. The van der Waals surface area contributed by atoms with Gasteiger partial charge in [0.05, 0.1) is 13.0 Å². The van der Waals surface area contributed by atoms with E-state index in [4.69, 9.17) is 10.5 Å². The third-order valence-corrected chi connectivity index (χ3v) is 5.29. The summed E-state index contributed by atoms with van der Waals surface area (Å²) in [6.07, 6.45) is 6.30. The van der Waals surface area contributed by atoms with Gasteiger partial charge in [-0.15, -0.1) is 0 Å². The van der Waals surface area contributed by atoms with Gasteiger partial charge in [0.15, 0.2) is 0 Å². The molecule has 0 atom stereocenters. The zero-order valence-electron chi connectivity index (χ0n) is 20.1. The zero-order valence-corrected chi connectivity index (χ0v) is 20.1. The molecule has 0 bridgehead atoms. The summed E-state index contributed by atoms with van der Waals surface area (Å²) < 4.78 is 5.40. The van der Waals surface area contributed by atoms with Crippen molar-refractivity contribution in [1.29, 1.82) is 0 Å². The van der Waals surface area contributed by atoms with E-state index in [1.165, 1.54) is 12.8 Å². The molecule has 1 aromatic carbocycles. The number of rotatable bonds is 14. The van der Waals surface area contributed by atoms with E-state index in [0.717, 1.165) is 60.6 Å². The van der Waals surface area contributed by atoms with Gasteiger partial charge in [-0.3, -0.25) is 4.79 Å². The highest BCUT2D eigenvalue weighted by Gasteiger charge is 2.12. The number of hydrogen-bond donors (Lipinski definition) is 2. The molecule has 0 aliphatic carbocycles. The fourth-order valence-electron chi connectivity index (χ4n) is 3.54. The van der Waals surface area contributed by atoms with Crippen LogP contribution in [0.5, 0.6) is 0 Å². The number of esters is 1. The van der Waals surface area contributed by atoms with Gasteiger partial charge in [-0.1, -0.05) is 44.0 Å². The fraction of sp³-hybridized carbons (Fsp3) is 0.560. The summed E-state index contributed by atoms with van der Waals surface area (Å²) in [5.41, 5.74) is 9.86. The molecule has 0 saturated carbocycles. The minimum Gasteiger partial charge on any atom is -0.465 e. The molecule has 0 spiro atoms. The van der Waals surface area contributed by atoms with E-state index in [9.17, 15) is 4.79 Å². The van der Waals surface area contributed by atoms with Crippen LogP contribution >= 0.6 is 0 Å². The second-order valence-corrected chi connectivity index (χ2v) is 8.53. The number of nitrogens with two attached hydrogens (primary N) is 1. The Labute approximate surface area is 192 Å². The van der Waals surface area contributed by atoms with Crippen LogP contribution in [0.15, 0.2) is 24.3 Å². The van der Waals surface area contributed by atoms with E-state index in [0.29, 0.717) is 13.0 Å². The van der Waals surface area contributed by atoms with E-state index in [-0.39, 0.29) is 18.3 Å². The Morgan fingerprint density at radius 3 is 2.66 bits per heavy atom. The van der Waals surface area contributed by atoms with Gasteiger partial charge in [0, 0.05) is 24.2 Å². The second-order valence-electron chi connectivity index (χ2n) is 8.53. The first-order valence-electron chi connectivity index (χ1n) is 11.6. The first kappa shape index (κ1) is 25.6. The molecule has 0 aliphatic rings. The van der Waals surface area contributed by atoms with Gasteiger partial charge in [-0.25, -0.2) is 4.98 Å². The number of carbonyl (C=O) groups excluding carboxylic acids is 1. The van der Waals surface area contributed by atoms with E-state index >= 15 is 0 Å². The van der Waals surface area contributed by atoms with E-state index in [2.05, 4.69) is 39.2 Å². The topological polar surface area (TPSA) is 93.4 Å². The van der Waals surface area contributed by atoms with E-state index in [1.807, 2.05) is 33.2 Å². The van der Waals surface area contributed by atoms with Gasteiger partial charge in [-0.05, 0) is 58.0 Å². The van der Waals surface area contributed by atoms with Crippen LogP contribution in [0.25, 0.3) is 0 Å². The molecule has 0 aliphatic heterocycles. The summed E-state index contributed by atoms with van der Waals surface area (Å²) in [4.78, 5) is 23.1. The molecule has 0 radical (unpaired) electrons. The molecule has 0 unspecified atom stereocenters. The van der Waals surface area contributed by atoms with Crippen LogP contribution < -0.4 is 11.1 Å². The lowest BCUT2D eigenvalue weighted by Crippen LogP contribution is -2.14. The molecule has 2 rings (SSSR count). The van der Waals surface area contributed by atoms with Crippen LogP contribution in [-0.2, 0) is 22.4 Å². The minimum absolute atomic E-state index is 0.183. The van der Waals surface area contributed by atoms with Gasteiger partial charge in [0.2, 0.25) is 5.95 Å². The Morgan fingerprint density at radius 1 is 1.12 bits per heavy atom. The number of carbonyl (C=O) groups is 1. The summed E-state index contributed by atoms with van der Waals surface area (Å²) in [6, 6.07) is 8.07. The number of anilines is 2. The van der Waals surface area contributed by atoms with Gasteiger partial charge in [-0.2, -0.15) is 4.98 Å². The number of aryl methyl sites for hydroxylation is 1. The average Bonchev–Trinajstić information content (AvgIpc) is 2.73. The maximum absolute atomic E-state index is 12.2. The number of nitrogens with one attached hydrogen (secondary N) is 1. The highest BCUT2D eigenvalue weighted by molar-refractivity contribution is 5.72. The van der Waals surface area contributed by atoms with Crippen LogP contribution in [0, 0.1) is 6.92 Å². The third-order valence-electron chi connectivity index (χ3n) is 5.29. The van der Waals surface area contributed by atoms with Crippen molar-refractivity contribution in [3.05, 3.63) is 46.6 Å². The van der Waals surface area contributed by atoms with Crippen molar-refractivity contribution in [2.24, 2.45) is 0 Å². The number of hydrogen-bond acceptors (Lipinski definition) is 7. The van der Waals surface area contributed by atoms with Crippen LogP contribution in [-0.4, -0.2) is 54.6 Å². The molecule has 32 heavy (non-hydrogen) atoms. The summed E-state index contributed by atoms with van der Waals surface area (Å²) in [6.45, 7) is 6.48. The van der Waals surface area contributed by atoms with Gasteiger partial charge >= 0.3 is 5.97 Å². The predicted molar refractivity (Wildman–Crippen MR) is 131 cm³/mol. The number of nitrogens with zero attached hydrogens (tertiary/aromatic N) is 3. The molecule has 7 nitrogen and oxygen atoms in total. The van der Waals surface area contributed by atoms with E-state index < -0.39 is 0 Å². The van der Waals surface area contributed by atoms with Crippen molar-refractivity contribution in [3.8, 4) is 0 Å². The minimum atomic E-state index is -0.183. The normalized spacial score (nSPS) is 11.0. The highest BCUT2D eigenvalue weighted by Crippen LogP contribution is 2.22. The van der Waals surface area contributed by atoms with Crippen molar-refractivity contribution in [2.75, 3.05) is 44.8 Å². The Bertz CT molecular complexity index is 854. The Morgan fingerprint density at radius 2 is 1.91 bits per heavy atom. The summed E-state index contributed by atoms with van der Waals surface area (Å²) in [5.74, 6) is 0.900. The average molecular weight is 442 g/mol. The van der Waals surface area contributed by atoms with Crippen molar-refractivity contribution in [1.82, 2.24) is 14.9 Å². The highest BCUT2D eigenvalue weighted by atomic mass is 16.5. The maximum Gasteiger partial charge on any atom is 0.310 e. The molecule has 0 saturated heterocycles. The fourth-order valence-corrected chi connectivity index (χ4v) is 3.54. The zero-order chi connectivity index (χ0) is 23.3. The molecule has 7 heteroatoms. The maximum atomic E-state index is 12.2. The van der Waals surface area contributed by atoms with Crippen molar-refractivity contribution in [3.63, 3.8) is 0 Å². The van der Waals surface area contributed by atoms with Gasteiger partial charge in [0.25, 0.3) is 0 Å². The van der Waals surface area contributed by atoms with Crippen LogP contribution in [0.2, 0.25) is 0 Å². The molecular formula is C25H39N5O2. The lowest BCUT2D eigenvalue weighted by molar-refractivity contribution is -0.142. The number of benzene rings is 1. The summed E-state index contributed by atoms with van der Waals surface area (Å²) in [7, 11) is 4.09. The summed E-state index contributed by atoms with van der Waals surface area (Å²) >= 11 is 0. The molecule has 0 amide bonds. The molecule has 3 N–H and O–H groups in total. The van der Waals surface area contributed by atoms with Crippen molar-refractivity contribution < 1.29 is 9.53 Å². The lowest BCUT2D eigenvalue weighted by atomic mass is 10.0. The van der Waals surface area contributed by atoms with Gasteiger partial charge < -0.3 is 20.7 Å². The van der Waals surface area contributed by atoms with Crippen LogP contribution in [0.1, 0.15) is 61.4 Å². The van der Waals surface area contributed by atoms with Crippen LogP contribution in [0.4, 0.5) is 11.8 Å². The molecule has 0 fully saturated rings. The number of unbranched alkanes of at least 4 members (excludes halogenated alkanes) is 3. The Balaban J connectivity index is 1.98. The molecular weight excluding hydrogens is 402 g/mol. The van der Waals surface area contributed by atoms with Crippen molar-refractivity contribution >= 4 is 17.7 Å². The summed E-state index contributed by atoms with van der Waals surface area (Å²) in [5, 5.41) is 3.43. The first-order chi connectivity index (χ1) is 15.4. The second kappa shape index (κ2) is 13.7. The van der Waals surface area contributed by atoms with Gasteiger partial charge in [0.1, 0.15) is 5.82 Å². The molecule has 2 aromatic rings. The number of aromatic nitrogens is 2. The third kappa shape index (κ3) is 9.22. The largest absolute Gasteiger partial charge is 0.465 e. The monoisotopic (exact) mass is 441 g/mol. The number of nitrogen functional groups attached to an aromatic ring is 1. The Kier molecular flexibility index (Phi) is 10.9. The molecule has 1 heterocycles. The number of ether oxygens (including phenoxy) is 1. The van der Waals surface area contributed by atoms with Crippen molar-refractivity contribution in [2.45, 2.75) is 58.8 Å². The van der Waals surface area contributed by atoms with E-state index in [1.54, 1.807) is 0 Å². The Hall–Kier alpha value is -2.67. The van der Waals surface area contributed by atoms with Crippen LogP contribution in [0.3, 0.4) is 0 Å². The lowest BCUT2D eigenvalue weighted by Gasteiger charge is -2.14. The first-order valence-corrected chi connectivity index (χ1v) is 11.6. The smallest absolute Gasteiger partial charge is 0.310 e. The standard InChI is InChI=1S/C25H39N5O2/c1-5-6-7-13-27-24-22(19(2)28-25(26)29-24)17-20-11-10-12-21(16-20)18-23(31)32-15-9-8-14-30(3)4/h10-12,16H,5-9,13-15,17-18H2,1-4H3,(H3,26,27,28,29). The predicted octanol–water partition coefficient (Wildman–Crippen LogP) is 3.99.